The third-order valence-electron chi connectivity index (χ3n) is 2.61. The number of fused-ring (bicyclic) bond motifs is 1. The summed E-state index contributed by atoms with van der Waals surface area (Å²) in [5.41, 5.74) is 7.86. The Hall–Kier alpha value is -1.22. The van der Waals surface area contributed by atoms with Crippen molar-refractivity contribution in [2.75, 3.05) is 7.11 Å². The standard InChI is InChI=1S/C10H13NO2/c1-13-9-5-3-6-7(10(9)12)2-4-8(6)11/h3,5,8,12H,2,4,11H2,1H3/t8-/m0/s1. The summed E-state index contributed by atoms with van der Waals surface area (Å²) in [6, 6.07) is 3.78. The Bertz CT molecular complexity index is 336. The number of ether oxygens (including phenoxy) is 1. The van der Waals surface area contributed by atoms with Crippen LogP contribution in [-0.2, 0) is 6.42 Å². The number of hydrogen-bond donors (Lipinski definition) is 2. The Morgan fingerprint density at radius 2 is 2.31 bits per heavy atom. The molecular weight excluding hydrogens is 166 g/mol. The van der Waals surface area contributed by atoms with Crippen LogP contribution >= 0.6 is 0 Å². The molecule has 1 atom stereocenters. The predicted molar refractivity (Wildman–Crippen MR) is 49.9 cm³/mol. The summed E-state index contributed by atoms with van der Waals surface area (Å²) in [6.07, 6.45) is 1.76. The lowest BCUT2D eigenvalue weighted by Gasteiger charge is -2.09. The molecule has 0 bridgehead atoms. The van der Waals surface area contributed by atoms with Crippen LogP contribution in [0.15, 0.2) is 12.1 Å². The molecule has 3 nitrogen and oxygen atoms in total. The van der Waals surface area contributed by atoms with E-state index in [1.807, 2.05) is 6.07 Å². The van der Waals surface area contributed by atoms with Crippen molar-refractivity contribution in [3.8, 4) is 11.5 Å². The van der Waals surface area contributed by atoms with Crippen LogP contribution in [0.4, 0.5) is 0 Å². The minimum Gasteiger partial charge on any atom is -0.504 e. The van der Waals surface area contributed by atoms with E-state index in [2.05, 4.69) is 0 Å². The summed E-state index contributed by atoms with van der Waals surface area (Å²) in [7, 11) is 1.55. The summed E-state index contributed by atoms with van der Waals surface area (Å²) in [5, 5.41) is 9.75. The second-order valence-corrected chi connectivity index (χ2v) is 3.33. The second kappa shape index (κ2) is 2.92. The smallest absolute Gasteiger partial charge is 0.161 e. The van der Waals surface area contributed by atoms with E-state index < -0.39 is 0 Å². The lowest BCUT2D eigenvalue weighted by Crippen LogP contribution is -2.04. The van der Waals surface area contributed by atoms with Crippen molar-refractivity contribution in [3.63, 3.8) is 0 Å². The maximum Gasteiger partial charge on any atom is 0.161 e. The van der Waals surface area contributed by atoms with Gasteiger partial charge in [0.05, 0.1) is 7.11 Å². The molecule has 0 saturated heterocycles. The molecule has 1 aliphatic rings. The van der Waals surface area contributed by atoms with E-state index >= 15 is 0 Å². The number of rotatable bonds is 1. The van der Waals surface area contributed by atoms with E-state index in [0.29, 0.717) is 5.75 Å². The van der Waals surface area contributed by atoms with Gasteiger partial charge in [-0.05, 0) is 24.5 Å². The quantitative estimate of drug-likeness (QED) is 0.684. The average molecular weight is 179 g/mol. The molecule has 0 radical (unpaired) electrons. The molecule has 0 aliphatic heterocycles. The summed E-state index contributed by atoms with van der Waals surface area (Å²) >= 11 is 0. The third-order valence-corrected chi connectivity index (χ3v) is 2.61. The molecule has 1 aromatic rings. The molecule has 1 aromatic carbocycles. The van der Waals surface area contributed by atoms with Gasteiger partial charge >= 0.3 is 0 Å². The van der Waals surface area contributed by atoms with Gasteiger partial charge in [0.25, 0.3) is 0 Å². The van der Waals surface area contributed by atoms with Gasteiger partial charge in [0, 0.05) is 11.6 Å². The van der Waals surface area contributed by atoms with Crippen LogP contribution in [0, 0.1) is 0 Å². The zero-order valence-corrected chi connectivity index (χ0v) is 7.58. The number of phenols is 1. The highest BCUT2D eigenvalue weighted by Gasteiger charge is 2.23. The molecule has 0 unspecified atom stereocenters. The number of hydrogen-bond acceptors (Lipinski definition) is 3. The van der Waals surface area contributed by atoms with Gasteiger partial charge in [0.1, 0.15) is 0 Å². The van der Waals surface area contributed by atoms with E-state index in [9.17, 15) is 5.11 Å². The van der Waals surface area contributed by atoms with Gasteiger partial charge in [0.15, 0.2) is 11.5 Å². The minimum atomic E-state index is 0.0757. The number of benzene rings is 1. The molecule has 0 amide bonds. The fourth-order valence-electron chi connectivity index (χ4n) is 1.86. The molecular formula is C10H13NO2. The minimum absolute atomic E-state index is 0.0757. The fourth-order valence-corrected chi connectivity index (χ4v) is 1.86. The topological polar surface area (TPSA) is 55.5 Å². The largest absolute Gasteiger partial charge is 0.504 e. The fraction of sp³-hybridized carbons (Fsp3) is 0.400. The van der Waals surface area contributed by atoms with Crippen molar-refractivity contribution in [1.29, 1.82) is 0 Å². The van der Waals surface area contributed by atoms with Gasteiger partial charge in [-0.15, -0.1) is 0 Å². The maximum absolute atomic E-state index is 9.75. The lowest BCUT2D eigenvalue weighted by molar-refractivity contribution is 0.371. The summed E-state index contributed by atoms with van der Waals surface area (Å²) in [4.78, 5) is 0. The first-order valence-electron chi connectivity index (χ1n) is 4.38. The van der Waals surface area contributed by atoms with Crippen LogP contribution in [0.5, 0.6) is 11.5 Å². The first-order chi connectivity index (χ1) is 6.24. The first-order valence-corrected chi connectivity index (χ1v) is 4.38. The molecule has 0 heterocycles. The number of nitrogens with two attached hydrogens (primary N) is 1. The van der Waals surface area contributed by atoms with Gasteiger partial charge < -0.3 is 15.6 Å². The molecule has 3 N–H and O–H groups in total. The van der Waals surface area contributed by atoms with Crippen LogP contribution in [-0.4, -0.2) is 12.2 Å². The van der Waals surface area contributed by atoms with E-state index in [-0.39, 0.29) is 11.8 Å². The maximum atomic E-state index is 9.75. The number of phenolic OH excluding ortho intramolecular Hbond substituents is 1. The van der Waals surface area contributed by atoms with Crippen molar-refractivity contribution in [2.45, 2.75) is 18.9 Å². The van der Waals surface area contributed by atoms with E-state index in [4.69, 9.17) is 10.5 Å². The average Bonchev–Trinajstić information content (AvgIpc) is 2.50. The Labute approximate surface area is 77.1 Å². The molecule has 3 heteroatoms. The Kier molecular flexibility index (Phi) is 1.88. The second-order valence-electron chi connectivity index (χ2n) is 3.33. The van der Waals surface area contributed by atoms with Gasteiger partial charge in [-0.1, -0.05) is 6.07 Å². The van der Waals surface area contributed by atoms with Crippen LogP contribution in [0.25, 0.3) is 0 Å². The number of methoxy groups -OCH3 is 1. The van der Waals surface area contributed by atoms with E-state index in [1.165, 1.54) is 0 Å². The Morgan fingerprint density at radius 3 is 3.00 bits per heavy atom. The molecule has 0 spiro atoms. The van der Waals surface area contributed by atoms with Crippen LogP contribution in [0.3, 0.4) is 0 Å². The normalized spacial score (nSPS) is 20.0. The zero-order valence-electron chi connectivity index (χ0n) is 7.58. The van der Waals surface area contributed by atoms with E-state index in [1.54, 1.807) is 13.2 Å². The monoisotopic (exact) mass is 179 g/mol. The van der Waals surface area contributed by atoms with E-state index in [0.717, 1.165) is 24.0 Å². The van der Waals surface area contributed by atoms with Gasteiger partial charge in [-0.3, -0.25) is 0 Å². The SMILES string of the molecule is COc1ccc2c(c1O)CC[C@@H]2N. The lowest BCUT2D eigenvalue weighted by atomic mass is 10.1. The molecule has 0 aromatic heterocycles. The number of aromatic hydroxyl groups is 1. The Balaban J connectivity index is 2.54. The van der Waals surface area contributed by atoms with Crippen molar-refractivity contribution >= 4 is 0 Å². The molecule has 13 heavy (non-hydrogen) atoms. The Morgan fingerprint density at radius 1 is 1.54 bits per heavy atom. The van der Waals surface area contributed by atoms with Gasteiger partial charge in [-0.2, -0.15) is 0 Å². The van der Waals surface area contributed by atoms with Crippen LogP contribution in [0.2, 0.25) is 0 Å². The highest BCUT2D eigenvalue weighted by Crippen LogP contribution is 2.40. The molecule has 0 saturated carbocycles. The zero-order chi connectivity index (χ0) is 9.42. The highest BCUT2D eigenvalue weighted by atomic mass is 16.5. The van der Waals surface area contributed by atoms with Gasteiger partial charge in [0.2, 0.25) is 0 Å². The third kappa shape index (κ3) is 1.16. The van der Waals surface area contributed by atoms with Crippen molar-refractivity contribution in [3.05, 3.63) is 23.3 Å². The van der Waals surface area contributed by atoms with Crippen molar-refractivity contribution < 1.29 is 9.84 Å². The van der Waals surface area contributed by atoms with Crippen molar-refractivity contribution in [1.82, 2.24) is 0 Å². The molecule has 0 fully saturated rings. The first kappa shape index (κ1) is 8.38. The summed E-state index contributed by atoms with van der Waals surface area (Å²) in [6.45, 7) is 0. The molecule has 2 rings (SSSR count). The van der Waals surface area contributed by atoms with Gasteiger partial charge in [-0.25, -0.2) is 0 Å². The van der Waals surface area contributed by atoms with Crippen LogP contribution < -0.4 is 10.5 Å². The van der Waals surface area contributed by atoms with Crippen molar-refractivity contribution in [2.24, 2.45) is 5.73 Å². The molecule has 70 valence electrons. The molecule has 1 aliphatic carbocycles. The summed E-state index contributed by atoms with van der Waals surface area (Å²) in [5.74, 6) is 0.792. The predicted octanol–water partition coefficient (Wildman–Crippen LogP) is 1.35. The summed E-state index contributed by atoms with van der Waals surface area (Å²) < 4.78 is 5.01. The highest BCUT2D eigenvalue weighted by molar-refractivity contribution is 5.52. The van der Waals surface area contributed by atoms with Crippen LogP contribution in [0.1, 0.15) is 23.6 Å².